The Balaban J connectivity index is 1.83. The third-order valence-electron chi connectivity index (χ3n) is 5.34. The molecule has 1 saturated carbocycles. The second kappa shape index (κ2) is 7.67. The van der Waals surface area contributed by atoms with Crippen molar-refractivity contribution in [2.45, 2.75) is 70.0 Å². The second-order valence-electron chi connectivity index (χ2n) is 8.24. The highest BCUT2D eigenvalue weighted by Gasteiger charge is 2.45. The molecule has 1 fully saturated rings. The topological polar surface area (TPSA) is 26.3 Å². The minimum Gasteiger partial charge on any atom is -0.372 e. The van der Waals surface area contributed by atoms with Gasteiger partial charge in [-0.05, 0) is 51.7 Å². The van der Waals surface area contributed by atoms with Crippen molar-refractivity contribution in [2.24, 2.45) is 11.8 Å². The molecule has 3 atom stereocenters. The van der Waals surface area contributed by atoms with Gasteiger partial charge in [0.15, 0.2) is 5.78 Å². The number of thioether (sulfide) groups is 1. The van der Waals surface area contributed by atoms with Gasteiger partial charge in [-0.3, -0.25) is 4.79 Å². The molecule has 0 aliphatic heterocycles. The normalized spacial score (nSPS) is 26.9. The van der Waals surface area contributed by atoms with Gasteiger partial charge in [-0.25, -0.2) is 0 Å². The van der Waals surface area contributed by atoms with E-state index in [1.54, 1.807) is 11.8 Å². The number of Topliss-reactive ketones (excluding diaryl/α,β-unsaturated/α-hetero) is 1. The van der Waals surface area contributed by atoms with Crippen LogP contribution in [-0.2, 0) is 9.53 Å². The Morgan fingerprint density at radius 2 is 1.92 bits per heavy atom. The molecule has 136 valence electrons. The van der Waals surface area contributed by atoms with E-state index < -0.39 is 0 Å². The summed E-state index contributed by atoms with van der Waals surface area (Å²) in [5, 5.41) is 0. The molecule has 2 aliphatic carbocycles. The first-order valence-corrected chi connectivity index (χ1v) is 10.5. The van der Waals surface area contributed by atoms with Crippen molar-refractivity contribution < 1.29 is 9.53 Å². The van der Waals surface area contributed by atoms with Crippen molar-refractivity contribution in [3.05, 3.63) is 41.5 Å². The Hall–Kier alpha value is -1.06. The predicted molar refractivity (Wildman–Crippen MR) is 105 cm³/mol. The third-order valence-corrected chi connectivity index (χ3v) is 6.38. The summed E-state index contributed by atoms with van der Waals surface area (Å²) in [5.41, 5.74) is 2.36. The lowest BCUT2D eigenvalue weighted by Gasteiger charge is -2.33. The molecule has 2 nitrogen and oxygen atoms in total. The molecule has 0 aromatic heterocycles. The zero-order valence-corrected chi connectivity index (χ0v) is 16.7. The fourth-order valence-electron chi connectivity index (χ4n) is 4.19. The summed E-state index contributed by atoms with van der Waals surface area (Å²) in [5.74, 6) is 2.14. The first-order chi connectivity index (χ1) is 11.9. The predicted octanol–water partition coefficient (Wildman–Crippen LogP) is 5.67. The molecular formula is C22H30O2S. The molecule has 0 radical (unpaired) electrons. The molecule has 0 heterocycles. The van der Waals surface area contributed by atoms with Gasteiger partial charge in [-0.15, -0.1) is 11.8 Å². The Bertz CT molecular complexity index is 642. The highest BCUT2D eigenvalue weighted by atomic mass is 32.2. The summed E-state index contributed by atoms with van der Waals surface area (Å²) in [6, 6.07) is 10.4. The number of ketones is 1. The maximum absolute atomic E-state index is 12.6. The van der Waals surface area contributed by atoms with E-state index in [4.69, 9.17) is 4.74 Å². The van der Waals surface area contributed by atoms with Crippen LogP contribution in [0, 0.1) is 11.8 Å². The molecule has 25 heavy (non-hydrogen) atoms. The van der Waals surface area contributed by atoms with E-state index in [1.807, 2.05) is 6.07 Å². The van der Waals surface area contributed by atoms with Gasteiger partial charge in [0.05, 0.1) is 11.7 Å². The second-order valence-corrected chi connectivity index (χ2v) is 9.29. The first-order valence-electron chi connectivity index (χ1n) is 9.50. The zero-order chi connectivity index (χ0) is 18.0. The quantitative estimate of drug-likeness (QED) is 0.635. The van der Waals surface area contributed by atoms with Gasteiger partial charge in [-0.1, -0.05) is 37.1 Å². The van der Waals surface area contributed by atoms with Gasteiger partial charge in [-0.2, -0.15) is 0 Å². The van der Waals surface area contributed by atoms with E-state index in [0.717, 1.165) is 30.6 Å². The van der Waals surface area contributed by atoms with Crippen LogP contribution in [0.3, 0.4) is 0 Å². The van der Waals surface area contributed by atoms with Crippen LogP contribution >= 0.6 is 11.8 Å². The van der Waals surface area contributed by atoms with Crippen LogP contribution in [0.15, 0.2) is 46.4 Å². The fourth-order valence-corrected chi connectivity index (χ4v) is 5.19. The smallest absolute Gasteiger partial charge is 0.159 e. The molecule has 0 N–H and O–H groups in total. The first kappa shape index (κ1) is 18.7. The number of carbonyl (C=O) groups excluding carboxylic acids is 1. The number of rotatable bonds is 5. The highest BCUT2D eigenvalue weighted by Crippen LogP contribution is 2.48. The summed E-state index contributed by atoms with van der Waals surface area (Å²) in [4.78, 5) is 13.9. The third kappa shape index (κ3) is 4.38. The molecule has 0 spiro atoms. The van der Waals surface area contributed by atoms with Crippen LogP contribution in [0.5, 0.6) is 0 Å². The van der Waals surface area contributed by atoms with E-state index in [1.165, 1.54) is 10.5 Å². The number of carbonyl (C=O) groups is 1. The van der Waals surface area contributed by atoms with E-state index in [9.17, 15) is 4.79 Å². The van der Waals surface area contributed by atoms with Crippen LogP contribution in [0.1, 0.15) is 53.4 Å². The number of benzene rings is 1. The van der Waals surface area contributed by atoms with Crippen molar-refractivity contribution in [1.29, 1.82) is 0 Å². The molecule has 1 aromatic rings. The Labute approximate surface area is 156 Å². The van der Waals surface area contributed by atoms with Gasteiger partial charge >= 0.3 is 0 Å². The molecule has 0 saturated heterocycles. The van der Waals surface area contributed by atoms with Crippen LogP contribution in [0.25, 0.3) is 0 Å². The Morgan fingerprint density at radius 3 is 2.56 bits per heavy atom. The molecular weight excluding hydrogens is 328 g/mol. The van der Waals surface area contributed by atoms with Crippen molar-refractivity contribution in [3.8, 4) is 0 Å². The maximum Gasteiger partial charge on any atom is 0.159 e. The SMILES string of the molecule is CCC1CC2=C(CSc3ccccc3)C(=O)CCC2[C@@H]1OC(C)(C)C. The number of hydrogen-bond acceptors (Lipinski definition) is 3. The van der Waals surface area contributed by atoms with Crippen molar-refractivity contribution >= 4 is 17.5 Å². The lowest BCUT2D eigenvalue weighted by Crippen LogP contribution is -2.35. The van der Waals surface area contributed by atoms with Gasteiger partial charge < -0.3 is 4.74 Å². The lowest BCUT2D eigenvalue weighted by molar-refractivity contribution is -0.117. The minimum absolute atomic E-state index is 0.131. The summed E-state index contributed by atoms with van der Waals surface area (Å²) in [6.45, 7) is 8.67. The summed E-state index contributed by atoms with van der Waals surface area (Å²) < 4.78 is 6.47. The van der Waals surface area contributed by atoms with Gasteiger partial charge in [0.25, 0.3) is 0 Å². The number of ether oxygens (including phenoxy) is 1. The van der Waals surface area contributed by atoms with Gasteiger partial charge in [0.2, 0.25) is 0 Å². The van der Waals surface area contributed by atoms with Crippen molar-refractivity contribution in [1.82, 2.24) is 0 Å². The average molecular weight is 359 g/mol. The highest BCUT2D eigenvalue weighted by molar-refractivity contribution is 7.99. The molecule has 2 unspecified atom stereocenters. The van der Waals surface area contributed by atoms with E-state index >= 15 is 0 Å². The minimum atomic E-state index is -0.131. The lowest BCUT2D eigenvalue weighted by atomic mass is 9.83. The molecule has 3 heteroatoms. The van der Waals surface area contributed by atoms with E-state index in [2.05, 4.69) is 52.0 Å². The standard InChI is InChI=1S/C22H30O2S/c1-5-15-13-18-17(21(15)24-22(2,3)4)11-12-20(23)19(18)14-25-16-9-7-6-8-10-16/h6-10,15,17,21H,5,11-14H2,1-4H3/t15?,17?,21-/m1/s1. The maximum atomic E-state index is 12.6. The van der Waals surface area contributed by atoms with Crippen LogP contribution in [0.4, 0.5) is 0 Å². The monoisotopic (exact) mass is 358 g/mol. The number of fused-ring (bicyclic) bond motifs is 1. The fraction of sp³-hybridized carbons (Fsp3) is 0.591. The number of hydrogen-bond donors (Lipinski definition) is 0. The molecule has 1 aromatic carbocycles. The summed E-state index contributed by atoms with van der Waals surface area (Å²) >= 11 is 1.78. The van der Waals surface area contributed by atoms with Crippen molar-refractivity contribution in [2.75, 3.05) is 5.75 Å². The zero-order valence-electron chi connectivity index (χ0n) is 15.9. The van der Waals surface area contributed by atoms with Crippen LogP contribution in [0.2, 0.25) is 0 Å². The van der Waals surface area contributed by atoms with Crippen molar-refractivity contribution in [3.63, 3.8) is 0 Å². The van der Waals surface area contributed by atoms with E-state index in [-0.39, 0.29) is 11.7 Å². The molecule has 3 rings (SSSR count). The molecule has 0 bridgehead atoms. The summed E-state index contributed by atoms with van der Waals surface area (Å²) in [7, 11) is 0. The Morgan fingerprint density at radius 1 is 1.20 bits per heavy atom. The molecule has 2 aliphatic rings. The Kier molecular flexibility index (Phi) is 5.75. The van der Waals surface area contributed by atoms with Crippen LogP contribution < -0.4 is 0 Å². The van der Waals surface area contributed by atoms with Gasteiger partial charge in [0, 0.05) is 28.6 Å². The summed E-state index contributed by atoms with van der Waals surface area (Å²) in [6.07, 6.45) is 4.07. The molecule has 0 amide bonds. The van der Waals surface area contributed by atoms with Gasteiger partial charge in [0.1, 0.15) is 0 Å². The van der Waals surface area contributed by atoms with E-state index in [0.29, 0.717) is 24.0 Å². The average Bonchev–Trinajstić information content (AvgIpc) is 2.91. The largest absolute Gasteiger partial charge is 0.372 e. The van der Waals surface area contributed by atoms with Crippen LogP contribution in [-0.4, -0.2) is 23.2 Å².